The van der Waals surface area contributed by atoms with Crippen LogP contribution in [0.2, 0.25) is 5.02 Å². The Balaban J connectivity index is 1.26. The lowest BCUT2D eigenvalue weighted by Gasteiger charge is -2.22. The van der Waals surface area contributed by atoms with Crippen LogP contribution >= 0.6 is 11.6 Å². The fourth-order valence-corrected chi connectivity index (χ4v) is 4.83. The Hall–Kier alpha value is -4.67. The third kappa shape index (κ3) is 9.18. The van der Waals surface area contributed by atoms with E-state index in [0.717, 1.165) is 17.4 Å². The van der Waals surface area contributed by atoms with E-state index in [9.17, 15) is 18.0 Å². The van der Waals surface area contributed by atoms with E-state index in [0.29, 0.717) is 34.1 Å². The van der Waals surface area contributed by atoms with Gasteiger partial charge in [0, 0.05) is 17.1 Å². The lowest BCUT2D eigenvalue weighted by molar-refractivity contribution is -0.123. The normalized spacial score (nSPS) is 11.2. The first kappa shape index (κ1) is 30.3. The molecule has 4 rings (SSSR count). The van der Waals surface area contributed by atoms with E-state index < -0.39 is 15.9 Å². The van der Waals surface area contributed by atoms with Crippen LogP contribution in [0.1, 0.15) is 27.0 Å². The number of halogens is 1. The molecule has 0 aliphatic heterocycles. The van der Waals surface area contributed by atoms with Crippen LogP contribution < -0.4 is 19.8 Å². The van der Waals surface area contributed by atoms with Gasteiger partial charge in [0.25, 0.3) is 11.8 Å². The molecule has 4 aromatic carbocycles. The van der Waals surface area contributed by atoms with Gasteiger partial charge in [0.2, 0.25) is 10.0 Å². The van der Waals surface area contributed by atoms with Gasteiger partial charge in [-0.15, -0.1) is 0 Å². The third-order valence-electron chi connectivity index (χ3n) is 6.02. The molecule has 2 N–H and O–H groups in total. The van der Waals surface area contributed by atoms with Gasteiger partial charge in [-0.3, -0.25) is 13.9 Å². The summed E-state index contributed by atoms with van der Waals surface area (Å²) >= 11 is 5.93. The van der Waals surface area contributed by atoms with Gasteiger partial charge in [0.15, 0.2) is 6.61 Å². The number of nitrogens with one attached hydrogen (secondary N) is 2. The van der Waals surface area contributed by atoms with Crippen LogP contribution in [0.25, 0.3) is 0 Å². The van der Waals surface area contributed by atoms with Crippen LogP contribution in [-0.4, -0.2) is 39.3 Å². The zero-order valence-electron chi connectivity index (χ0n) is 22.7. The zero-order valence-corrected chi connectivity index (χ0v) is 24.3. The number of nitrogens with zero attached hydrogens (tertiary/aromatic N) is 2. The van der Waals surface area contributed by atoms with Crippen molar-refractivity contribution >= 4 is 45.3 Å². The molecule has 0 spiro atoms. The maximum atomic E-state index is 12.6. The molecule has 0 saturated heterocycles. The Morgan fingerprint density at radius 2 is 1.55 bits per heavy atom. The minimum atomic E-state index is -3.58. The Morgan fingerprint density at radius 1 is 0.881 bits per heavy atom. The lowest BCUT2D eigenvalue weighted by Crippen LogP contribution is -2.29. The van der Waals surface area contributed by atoms with Gasteiger partial charge in [-0.1, -0.05) is 54.1 Å². The Kier molecular flexibility index (Phi) is 10.3. The average molecular weight is 605 g/mol. The summed E-state index contributed by atoms with van der Waals surface area (Å²) in [6.07, 6.45) is 2.60. The van der Waals surface area contributed by atoms with Crippen LogP contribution in [0.4, 0.5) is 5.69 Å². The fraction of sp³-hybridized carbons (Fsp3) is 0.129. The number of ether oxygens (including phenoxy) is 1. The van der Waals surface area contributed by atoms with E-state index in [4.69, 9.17) is 16.3 Å². The summed E-state index contributed by atoms with van der Waals surface area (Å²) in [7, 11) is -3.58. The molecule has 11 heteroatoms. The van der Waals surface area contributed by atoms with Gasteiger partial charge in [0.1, 0.15) is 5.75 Å². The molecule has 0 saturated carbocycles. The molecular weight excluding hydrogens is 576 g/mol. The molecule has 0 fully saturated rings. The molecule has 0 unspecified atom stereocenters. The van der Waals surface area contributed by atoms with E-state index >= 15 is 0 Å². The molecule has 216 valence electrons. The summed E-state index contributed by atoms with van der Waals surface area (Å²) in [6.45, 7) is 0.438. The minimum absolute atomic E-state index is 0.113. The van der Waals surface area contributed by atoms with E-state index in [1.807, 2.05) is 30.3 Å². The second-order valence-corrected chi connectivity index (χ2v) is 11.6. The number of anilines is 1. The number of benzene rings is 4. The fourth-order valence-electron chi connectivity index (χ4n) is 3.81. The van der Waals surface area contributed by atoms with Crippen LogP contribution in [0.5, 0.6) is 5.75 Å². The Labute approximate surface area is 249 Å². The number of rotatable bonds is 12. The predicted molar refractivity (Wildman–Crippen MR) is 164 cm³/mol. The first-order chi connectivity index (χ1) is 20.2. The van der Waals surface area contributed by atoms with E-state index in [1.54, 1.807) is 60.7 Å². The Bertz CT molecular complexity index is 1630. The topological polar surface area (TPSA) is 117 Å². The van der Waals surface area contributed by atoms with E-state index in [-0.39, 0.29) is 19.1 Å². The van der Waals surface area contributed by atoms with Crippen molar-refractivity contribution in [3.63, 3.8) is 0 Å². The largest absolute Gasteiger partial charge is 0.484 e. The molecule has 2 amide bonds. The van der Waals surface area contributed by atoms with Crippen LogP contribution in [-0.2, 0) is 27.9 Å². The molecule has 0 aromatic heterocycles. The maximum Gasteiger partial charge on any atom is 0.271 e. The maximum absolute atomic E-state index is 12.6. The van der Waals surface area contributed by atoms with Crippen molar-refractivity contribution in [1.29, 1.82) is 0 Å². The number of hydrogen-bond donors (Lipinski definition) is 2. The summed E-state index contributed by atoms with van der Waals surface area (Å²) in [5.74, 6) is -0.168. The van der Waals surface area contributed by atoms with Crippen molar-refractivity contribution in [3.05, 3.63) is 130 Å². The molecule has 0 atom stereocenters. The molecule has 9 nitrogen and oxygen atoms in total. The summed E-state index contributed by atoms with van der Waals surface area (Å²) < 4.78 is 31.6. The zero-order chi connectivity index (χ0) is 30.0. The predicted octanol–water partition coefficient (Wildman–Crippen LogP) is 4.77. The third-order valence-corrected chi connectivity index (χ3v) is 7.41. The van der Waals surface area contributed by atoms with Gasteiger partial charge < -0.3 is 10.1 Å². The van der Waals surface area contributed by atoms with Gasteiger partial charge in [0.05, 0.1) is 24.7 Å². The number of amides is 2. The lowest BCUT2D eigenvalue weighted by atomic mass is 10.2. The molecule has 42 heavy (non-hydrogen) atoms. The molecular formula is C31H29ClN4O5S. The number of hydrogen-bond acceptors (Lipinski definition) is 6. The Morgan fingerprint density at radius 3 is 2.19 bits per heavy atom. The van der Waals surface area contributed by atoms with Gasteiger partial charge in [-0.25, -0.2) is 13.8 Å². The average Bonchev–Trinajstić information content (AvgIpc) is 2.99. The number of hydrazone groups is 1. The molecule has 4 aromatic rings. The number of carbonyl (C=O) groups excluding carboxylic acids is 2. The molecule has 0 radical (unpaired) electrons. The molecule has 0 aliphatic rings. The summed E-state index contributed by atoms with van der Waals surface area (Å²) in [5, 5.41) is 7.35. The van der Waals surface area contributed by atoms with Gasteiger partial charge >= 0.3 is 0 Å². The molecule has 0 aliphatic carbocycles. The van der Waals surface area contributed by atoms with E-state index in [2.05, 4.69) is 15.8 Å². The van der Waals surface area contributed by atoms with Gasteiger partial charge in [-0.2, -0.15) is 5.10 Å². The number of sulfonamides is 1. The standard InChI is InChI=1S/C31H29ClN4O5S/c1-42(39,40)36(21-25-7-13-27(32)14-8-25)28-15-11-26(12-16-28)31(38)35-34-20-24-9-17-29(18-10-24)41-22-30(37)33-19-23-5-3-2-4-6-23/h2-18,20H,19,21-22H2,1H3,(H,33,37)(H,35,38)/b34-20-. The monoisotopic (exact) mass is 604 g/mol. The quantitative estimate of drug-likeness (QED) is 0.179. The number of carbonyl (C=O) groups is 2. The van der Waals surface area contributed by atoms with Crippen LogP contribution in [0, 0.1) is 0 Å². The second-order valence-electron chi connectivity index (χ2n) is 9.26. The summed E-state index contributed by atoms with van der Waals surface area (Å²) in [5.41, 5.74) is 5.66. The molecule has 0 bridgehead atoms. The highest BCUT2D eigenvalue weighted by Gasteiger charge is 2.18. The summed E-state index contributed by atoms with van der Waals surface area (Å²) in [4.78, 5) is 24.6. The van der Waals surface area contributed by atoms with Crippen molar-refractivity contribution < 1.29 is 22.7 Å². The van der Waals surface area contributed by atoms with Crippen molar-refractivity contribution in [1.82, 2.24) is 10.7 Å². The van der Waals surface area contributed by atoms with Crippen molar-refractivity contribution in [2.75, 3.05) is 17.2 Å². The van der Waals surface area contributed by atoms with Crippen LogP contribution in [0.15, 0.2) is 108 Å². The SMILES string of the molecule is CS(=O)(=O)N(Cc1ccc(Cl)cc1)c1ccc(C(=O)N/N=C\c2ccc(OCC(=O)NCc3ccccc3)cc2)cc1. The summed E-state index contributed by atoms with van der Waals surface area (Å²) in [6, 6.07) is 29.6. The van der Waals surface area contributed by atoms with Crippen molar-refractivity contribution in [3.8, 4) is 5.75 Å². The smallest absolute Gasteiger partial charge is 0.271 e. The highest BCUT2D eigenvalue weighted by molar-refractivity contribution is 7.92. The van der Waals surface area contributed by atoms with Crippen molar-refractivity contribution in [2.45, 2.75) is 13.1 Å². The highest BCUT2D eigenvalue weighted by Crippen LogP contribution is 2.22. The van der Waals surface area contributed by atoms with E-state index in [1.165, 1.54) is 22.7 Å². The highest BCUT2D eigenvalue weighted by atomic mass is 35.5. The first-order valence-electron chi connectivity index (χ1n) is 12.9. The minimum Gasteiger partial charge on any atom is -0.484 e. The van der Waals surface area contributed by atoms with Crippen molar-refractivity contribution in [2.24, 2.45) is 5.10 Å². The van der Waals surface area contributed by atoms with Gasteiger partial charge in [-0.05, 0) is 77.4 Å². The second kappa shape index (κ2) is 14.3. The van der Waals surface area contributed by atoms with Crippen LogP contribution in [0.3, 0.4) is 0 Å². The molecule has 0 heterocycles. The first-order valence-corrected chi connectivity index (χ1v) is 15.1.